The smallest absolute Gasteiger partial charge is 0.338 e. The van der Waals surface area contributed by atoms with E-state index in [4.69, 9.17) is 9.15 Å². The summed E-state index contributed by atoms with van der Waals surface area (Å²) < 4.78 is 11.0. The number of ether oxygens (including phenoxy) is 1. The topological polar surface area (TPSA) is 56.5 Å². The second kappa shape index (κ2) is 8.37. The molecular weight excluding hydrogens is 376 g/mol. The van der Waals surface area contributed by atoms with E-state index in [2.05, 4.69) is 0 Å². The fourth-order valence-electron chi connectivity index (χ4n) is 3.55. The number of hydrogen-bond acceptors (Lipinski definition) is 4. The monoisotopic (exact) mass is 398 g/mol. The molecule has 0 spiro atoms. The first-order valence-corrected chi connectivity index (χ1v) is 9.85. The van der Waals surface area contributed by atoms with Crippen molar-refractivity contribution in [1.29, 1.82) is 0 Å². The Balaban J connectivity index is 1.59. The molecule has 4 rings (SSSR count). The minimum absolute atomic E-state index is 0.00308. The van der Waals surface area contributed by atoms with Crippen molar-refractivity contribution in [1.82, 2.24) is 0 Å². The van der Waals surface area contributed by atoms with Crippen LogP contribution in [0, 0.1) is 13.8 Å². The van der Waals surface area contributed by atoms with Crippen molar-refractivity contribution in [2.24, 2.45) is 0 Å². The van der Waals surface area contributed by atoms with Gasteiger partial charge in [-0.25, -0.2) is 9.59 Å². The first-order chi connectivity index (χ1) is 14.5. The highest BCUT2D eigenvalue weighted by atomic mass is 16.5. The number of benzene rings is 3. The van der Waals surface area contributed by atoms with E-state index in [1.165, 1.54) is 6.07 Å². The molecule has 4 heteroatoms. The zero-order valence-corrected chi connectivity index (χ0v) is 17.0. The molecule has 0 bridgehead atoms. The van der Waals surface area contributed by atoms with Gasteiger partial charge in [-0.3, -0.25) is 0 Å². The van der Waals surface area contributed by atoms with Crippen LogP contribution in [0.1, 0.15) is 38.2 Å². The fraction of sp³-hybridized carbons (Fsp3) is 0.154. The lowest BCUT2D eigenvalue weighted by molar-refractivity contribution is 0.0472. The zero-order chi connectivity index (χ0) is 21.1. The quantitative estimate of drug-likeness (QED) is 0.336. The van der Waals surface area contributed by atoms with E-state index in [1.807, 2.05) is 74.5 Å². The van der Waals surface area contributed by atoms with Gasteiger partial charge in [-0.05, 0) is 48.6 Å². The Labute approximate surface area is 174 Å². The van der Waals surface area contributed by atoms with Gasteiger partial charge in [-0.2, -0.15) is 0 Å². The van der Waals surface area contributed by atoms with Gasteiger partial charge in [0.05, 0.1) is 5.56 Å². The summed E-state index contributed by atoms with van der Waals surface area (Å²) in [5, 5.41) is 0.781. The summed E-state index contributed by atoms with van der Waals surface area (Å²) in [6.07, 6.45) is 0.641. The van der Waals surface area contributed by atoms with Gasteiger partial charge in [0.15, 0.2) is 0 Å². The van der Waals surface area contributed by atoms with E-state index < -0.39 is 11.6 Å². The average molecular weight is 398 g/mol. The molecule has 0 aliphatic rings. The van der Waals surface area contributed by atoms with Crippen molar-refractivity contribution in [3.63, 3.8) is 0 Å². The molecule has 0 N–H and O–H groups in total. The number of esters is 1. The predicted octanol–water partition coefficient (Wildman–Crippen LogP) is 5.36. The van der Waals surface area contributed by atoms with Crippen LogP contribution < -0.4 is 5.63 Å². The minimum atomic E-state index is -0.452. The van der Waals surface area contributed by atoms with Gasteiger partial charge >= 0.3 is 11.6 Å². The summed E-state index contributed by atoms with van der Waals surface area (Å²) in [6, 6.07) is 22.7. The molecule has 0 fully saturated rings. The molecule has 30 heavy (non-hydrogen) atoms. The van der Waals surface area contributed by atoms with Crippen LogP contribution in [0.3, 0.4) is 0 Å². The lowest BCUT2D eigenvalue weighted by Gasteiger charge is -2.12. The van der Waals surface area contributed by atoms with Crippen LogP contribution in [-0.4, -0.2) is 5.97 Å². The third-order valence-corrected chi connectivity index (χ3v) is 5.35. The number of fused-ring (bicyclic) bond motifs is 1. The van der Waals surface area contributed by atoms with E-state index in [0.29, 0.717) is 23.1 Å². The van der Waals surface area contributed by atoms with Gasteiger partial charge in [0.2, 0.25) is 0 Å². The van der Waals surface area contributed by atoms with Crippen LogP contribution in [0.2, 0.25) is 0 Å². The van der Waals surface area contributed by atoms with Crippen molar-refractivity contribution < 1.29 is 13.9 Å². The first-order valence-electron chi connectivity index (χ1n) is 9.85. The van der Waals surface area contributed by atoms with Gasteiger partial charge in [0.25, 0.3) is 0 Å². The molecule has 0 amide bonds. The molecule has 0 aliphatic carbocycles. The van der Waals surface area contributed by atoms with Gasteiger partial charge in [0.1, 0.15) is 12.2 Å². The zero-order valence-electron chi connectivity index (χ0n) is 17.0. The van der Waals surface area contributed by atoms with Gasteiger partial charge in [-0.1, -0.05) is 60.7 Å². The molecule has 150 valence electrons. The highest BCUT2D eigenvalue weighted by Gasteiger charge is 2.15. The lowest BCUT2D eigenvalue weighted by atomic mass is 10.00. The van der Waals surface area contributed by atoms with Crippen molar-refractivity contribution in [3.8, 4) is 0 Å². The molecular formula is C26H22O4. The molecule has 0 unspecified atom stereocenters. The maximum Gasteiger partial charge on any atom is 0.338 e. The van der Waals surface area contributed by atoms with Gasteiger partial charge in [-0.15, -0.1) is 0 Å². The Morgan fingerprint density at radius 1 is 0.900 bits per heavy atom. The van der Waals surface area contributed by atoms with Gasteiger partial charge in [0, 0.05) is 17.0 Å². The van der Waals surface area contributed by atoms with Crippen molar-refractivity contribution >= 4 is 16.9 Å². The molecule has 0 saturated heterocycles. The fourth-order valence-corrected chi connectivity index (χ4v) is 3.55. The Bertz CT molecular complexity index is 1270. The molecule has 0 aliphatic heterocycles. The highest BCUT2D eigenvalue weighted by molar-refractivity contribution is 5.91. The van der Waals surface area contributed by atoms with Crippen molar-refractivity contribution in [2.75, 3.05) is 0 Å². The van der Waals surface area contributed by atoms with Crippen LogP contribution >= 0.6 is 0 Å². The molecule has 1 heterocycles. The molecule has 0 saturated carbocycles. The Morgan fingerprint density at radius 2 is 1.63 bits per heavy atom. The average Bonchev–Trinajstić information content (AvgIpc) is 2.76. The van der Waals surface area contributed by atoms with E-state index in [-0.39, 0.29) is 6.61 Å². The third kappa shape index (κ3) is 4.03. The van der Waals surface area contributed by atoms with Crippen LogP contribution in [0.25, 0.3) is 11.0 Å². The maximum atomic E-state index is 12.8. The van der Waals surface area contributed by atoms with E-state index in [9.17, 15) is 9.59 Å². The van der Waals surface area contributed by atoms with Crippen LogP contribution in [0.5, 0.6) is 0 Å². The van der Waals surface area contributed by atoms with E-state index in [0.717, 1.165) is 27.6 Å². The normalized spacial score (nSPS) is 10.9. The number of hydrogen-bond donors (Lipinski definition) is 0. The molecule has 4 aromatic rings. The maximum absolute atomic E-state index is 12.8. The molecule has 0 radical (unpaired) electrons. The second-order valence-electron chi connectivity index (χ2n) is 7.37. The standard InChI is InChI=1S/C26H22O4/c1-17-12-13-22-21(15-24(27)30-25(22)18(17)2)16-29-26(28)23-11-7-6-10-20(23)14-19-8-4-3-5-9-19/h3-13,15H,14,16H2,1-2H3. The van der Waals surface area contributed by atoms with Crippen molar-refractivity contribution in [2.45, 2.75) is 26.9 Å². The van der Waals surface area contributed by atoms with Gasteiger partial charge < -0.3 is 9.15 Å². The Hall–Kier alpha value is -3.66. The summed E-state index contributed by atoms with van der Waals surface area (Å²) in [6.45, 7) is 3.88. The highest BCUT2D eigenvalue weighted by Crippen LogP contribution is 2.24. The lowest BCUT2D eigenvalue weighted by Crippen LogP contribution is -2.10. The second-order valence-corrected chi connectivity index (χ2v) is 7.37. The van der Waals surface area contributed by atoms with Crippen molar-refractivity contribution in [3.05, 3.63) is 117 Å². The SMILES string of the molecule is Cc1ccc2c(COC(=O)c3ccccc3Cc3ccccc3)cc(=O)oc2c1C. The molecule has 1 aromatic heterocycles. The number of rotatable bonds is 5. The number of carbonyl (C=O) groups excluding carboxylic acids is 1. The molecule has 4 nitrogen and oxygen atoms in total. The Morgan fingerprint density at radius 3 is 2.43 bits per heavy atom. The van der Waals surface area contributed by atoms with Crippen LogP contribution in [0.4, 0.5) is 0 Å². The first kappa shape index (κ1) is 19.6. The van der Waals surface area contributed by atoms with E-state index >= 15 is 0 Å². The summed E-state index contributed by atoms with van der Waals surface area (Å²) >= 11 is 0. The number of carbonyl (C=O) groups is 1. The van der Waals surface area contributed by atoms with Crippen LogP contribution in [-0.2, 0) is 17.8 Å². The molecule has 3 aromatic carbocycles. The number of aryl methyl sites for hydroxylation is 2. The molecule has 0 atom stereocenters. The van der Waals surface area contributed by atoms with E-state index in [1.54, 1.807) is 6.07 Å². The summed E-state index contributed by atoms with van der Waals surface area (Å²) in [5.74, 6) is -0.410. The predicted molar refractivity (Wildman–Crippen MR) is 117 cm³/mol. The third-order valence-electron chi connectivity index (χ3n) is 5.35. The Kier molecular flexibility index (Phi) is 5.48. The summed E-state index contributed by atoms with van der Waals surface area (Å²) in [7, 11) is 0. The summed E-state index contributed by atoms with van der Waals surface area (Å²) in [5.41, 5.74) is 5.22. The van der Waals surface area contributed by atoms with Crippen LogP contribution in [0.15, 0.2) is 82.0 Å². The summed E-state index contributed by atoms with van der Waals surface area (Å²) in [4.78, 5) is 24.9. The largest absolute Gasteiger partial charge is 0.457 e. The minimum Gasteiger partial charge on any atom is -0.457 e.